The van der Waals surface area contributed by atoms with Crippen molar-refractivity contribution < 1.29 is 9.59 Å². The highest BCUT2D eigenvalue weighted by molar-refractivity contribution is 7.14. The van der Waals surface area contributed by atoms with E-state index in [9.17, 15) is 9.59 Å². The summed E-state index contributed by atoms with van der Waals surface area (Å²) < 4.78 is 1.64. The molecule has 2 amide bonds. The van der Waals surface area contributed by atoms with Crippen molar-refractivity contribution in [2.45, 2.75) is 25.8 Å². The summed E-state index contributed by atoms with van der Waals surface area (Å²) in [5.74, 6) is 0.420. The lowest BCUT2D eigenvalue weighted by molar-refractivity contribution is -0.117. The van der Waals surface area contributed by atoms with Crippen molar-refractivity contribution in [2.24, 2.45) is 0 Å². The van der Waals surface area contributed by atoms with E-state index < -0.39 is 0 Å². The summed E-state index contributed by atoms with van der Waals surface area (Å²) in [6.07, 6.45) is 3.11. The van der Waals surface area contributed by atoms with Crippen molar-refractivity contribution in [1.29, 1.82) is 0 Å². The minimum absolute atomic E-state index is 0.0823. The quantitative estimate of drug-likeness (QED) is 0.616. The van der Waals surface area contributed by atoms with Gasteiger partial charge in [0.1, 0.15) is 5.82 Å². The molecule has 1 aliphatic rings. The van der Waals surface area contributed by atoms with E-state index in [0.29, 0.717) is 46.2 Å². The highest BCUT2D eigenvalue weighted by Gasteiger charge is 2.24. The molecular formula is C19H17Cl2N5O2S. The molecule has 1 fully saturated rings. The Labute approximate surface area is 181 Å². The molecule has 2 aromatic heterocycles. The monoisotopic (exact) mass is 449 g/mol. The first-order valence-electron chi connectivity index (χ1n) is 9.00. The van der Waals surface area contributed by atoms with E-state index in [1.807, 2.05) is 17.5 Å². The van der Waals surface area contributed by atoms with E-state index in [-0.39, 0.29) is 18.2 Å². The fraction of sp³-hybridized carbons (Fsp3) is 0.263. The molecule has 0 aliphatic carbocycles. The number of aromatic nitrogens is 3. The van der Waals surface area contributed by atoms with Crippen LogP contribution in [0.5, 0.6) is 0 Å². The smallest absolute Gasteiger partial charge is 0.231 e. The summed E-state index contributed by atoms with van der Waals surface area (Å²) >= 11 is 13.7. The molecule has 7 nitrogen and oxygen atoms in total. The van der Waals surface area contributed by atoms with Gasteiger partial charge in [0.25, 0.3) is 0 Å². The number of hydrogen-bond donors (Lipinski definition) is 1. The second-order valence-electron chi connectivity index (χ2n) is 6.58. The standard InChI is InChI=1S/C19H17Cl2N5O2S/c20-14-4-1-3-12(18(14)21)10-26-15(6-7-22-26)24-16(27)9-13-11-29-19(23-13)25-8-2-5-17(25)28/h1,3-4,6-7,11H,2,5,8-10H2,(H,24,27). The second-order valence-corrected chi connectivity index (χ2v) is 8.20. The lowest BCUT2D eigenvalue weighted by Crippen LogP contribution is -2.23. The lowest BCUT2D eigenvalue weighted by Gasteiger charge is -2.11. The molecule has 0 atom stereocenters. The molecule has 1 aromatic carbocycles. The zero-order chi connectivity index (χ0) is 20.4. The number of hydrogen-bond acceptors (Lipinski definition) is 5. The first kappa shape index (κ1) is 19.9. The van der Waals surface area contributed by atoms with Crippen LogP contribution < -0.4 is 10.2 Å². The average Bonchev–Trinajstić information content (AvgIpc) is 3.41. The van der Waals surface area contributed by atoms with Crippen LogP contribution in [0.4, 0.5) is 10.9 Å². The summed E-state index contributed by atoms with van der Waals surface area (Å²) in [7, 11) is 0. The molecule has 0 spiro atoms. The molecule has 29 heavy (non-hydrogen) atoms. The van der Waals surface area contributed by atoms with Gasteiger partial charge in [-0.2, -0.15) is 5.10 Å². The number of benzene rings is 1. The van der Waals surface area contributed by atoms with Gasteiger partial charge in [-0.05, 0) is 18.1 Å². The Morgan fingerprint density at radius 3 is 2.93 bits per heavy atom. The SMILES string of the molecule is O=C(Cc1csc(N2CCCC2=O)n1)Nc1ccnn1Cc1cccc(Cl)c1Cl. The largest absolute Gasteiger partial charge is 0.311 e. The van der Waals surface area contributed by atoms with Crippen LogP contribution in [0, 0.1) is 0 Å². The zero-order valence-electron chi connectivity index (χ0n) is 15.3. The van der Waals surface area contributed by atoms with E-state index in [4.69, 9.17) is 23.2 Å². The maximum Gasteiger partial charge on any atom is 0.231 e. The Kier molecular flexibility index (Phi) is 5.84. The van der Waals surface area contributed by atoms with E-state index in [0.717, 1.165) is 12.0 Å². The van der Waals surface area contributed by atoms with Crippen LogP contribution in [-0.4, -0.2) is 33.1 Å². The summed E-state index contributed by atoms with van der Waals surface area (Å²) in [5, 5.41) is 10.5. The van der Waals surface area contributed by atoms with Crippen LogP contribution in [0.15, 0.2) is 35.8 Å². The molecule has 0 saturated carbocycles. The number of amides is 2. The first-order chi connectivity index (χ1) is 14.0. The number of nitrogens with one attached hydrogen (secondary N) is 1. The number of carbonyl (C=O) groups excluding carboxylic acids is 2. The van der Waals surface area contributed by atoms with Gasteiger partial charge in [0, 0.05) is 24.4 Å². The normalized spacial score (nSPS) is 13.9. The van der Waals surface area contributed by atoms with Crippen molar-refractivity contribution >= 4 is 57.3 Å². The topological polar surface area (TPSA) is 80.1 Å². The first-order valence-corrected chi connectivity index (χ1v) is 10.6. The van der Waals surface area contributed by atoms with Crippen LogP contribution >= 0.6 is 34.5 Å². The molecule has 0 unspecified atom stereocenters. The zero-order valence-corrected chi connectivity index (χ0v) is 17.6. The molecule has 1 saturated heterocycles. The van der Waals surface area contributed by atoms with Gasteiger partial charge in [-0.3, -0.25) is 14.5 Å². The number of thiazole rings is 1. The van der Waals surface area contributed by atoms with Gasteiger partial charge in [-0.1, -0.05) is 35.3 Å². The minimum atomic E-state index is -0.214. The Morgan fingerprint density at radius 1 is 1.28 bits per heavy atom. The Hall–Kier alpha value is -2.42. The summed E-state index contributed by atoms with van der Waals surface area (Å²) in [6.45, 7) is 1.06. The predicted molar refractivity (Wildman–Crippen MR) is 114 cm³/mol. The Balaban J connectivity index is 1.41. The fourth-order valence-electron chi connectivity index (χ4n) is 3.10. The Morgan fingerprint density at radius 2 is 2.14 bits per heavy atom. The van der Waals surface area contributed by atoms with Crippen molar-refractivity contribution in [2.75, 3.05) is 16.8 Å². The van der Waals surface area contributed by atoms with E-state index in [1.54, 1.807) is 27.9 Å². The molecule has 0 radical (unpaired) electrons. The van der Waals surface area contributed by atoms with Crippen LogP contribution in [0.3, 0.4) is 0 Å². The van der Waals surface area contributed by atoms with E-state index in [2.05, 4.69) is 15.4 Å². The number of halogens is 2. The lowest BCUT2D eigenvalue weighted by atomic mass is 10.2. The number of anilines is 2. The number of nitrogens with zero attached hydrogens (tertiary/aromatic N) is 4. The van der Waals surface area contributed by atoms with Gasteiger partial charge in [0.2, 0.25) is 11.8 Å². The van der Waals surface area contributed by atoms with Gasteiger partial charge in [-0.15, -0.1) is 11.3 Å². The van der Waals surface area contributed by atoms with Crippen molar-refractivity contribution in [3.63, 3.8) is 0 Å². The predicted octanol–water partition coefficient (Wildman–Crippen LogP) is 4.00. The third-order valence-electron chi connectivity index (χ3n) is 4.52. The number of carbonyl (C=O) groups is 2. The van der Waals surface area contributed by atoms with Crippen molar-refractivity contribution in [3.8, 4) is 0 Å². The molecule has 3 aromatic rings. The number of rotatable bonds is 6. The fourth-order valence-corrected chi connectivity index (χ4v) is 4.35. The van der Waals surface area contributed by atoms with Crippen molar-refractivity contribution in [1.82, 2.24) is 14.8 Å². The van der Waals surface area contributed by atoms with Gasteiger partial charge in [0.15, 0.2) is 5.13 Å². The van der Waals surface area contributed by atoms with Crippen LogP contribution in [0.1, 0.15) is 24.1 Å². The molecule has 10 heteroatoms. The average molecular weight is 450 g/mol. The van der Waals surface area contributed by atoms with E-state index >= 15 is 0 Å². The highest BCUT2D eigenvalue weighted by Crippen LogP contribution is 2.27. The third-order valence-corrected chi connectivity index (χ3v) is 6.29. The maximum absolute atomic E-state index is 12.5. The summed E-state index contributed by atoms with van der Waals surface area (Å²) in [4.78, 5) is 30.4. The van der Waals surface area contributed by atoms with Crippen molar-refractivity contribution in [3.05, 3.63) is 57.1 Å². The second kappa shape index (κ2) is 8.52. The van der Waals surface area contributed by atoms with Crippen LogP contribution in [0.25, 0.3) is 0 Å². The molecule has 150 valence electrons. The van der Waals surface area contributed by atoms with Gasteiger partial charge in [-0.25, -0.2) is 9.67 Å². The summed E-state index contributed by atoms with van der Waals surface area (Å²) in [5.41, 5.74) is 1.43. The molecular weight excluding hydrogens is 433 g/mol. The van der Waals surface area contributed by atoms with Gasteiger partial charge >= 0.3 is 0 Å². The third kappa shape index (κ3) is 4.44. The molecule has 0 bridgehead atoms. The van der Waals surface area contributed by atoms with Crippen LogP contribution in [0.2, 0.25) is 10.0 Å². The Bertz CT molecular complexity index is 1060. The molecule has 1 N–H and O–H groups in total. The molecule has 3 heterocycles. The summed E-state index contributed by atoms with van der Waals surface area (Å²) in [6, 6.07) is 7.11. The van der Waals surface area contributed by atoms with E-state index in [1.165, 1.54) is 11.3 Å². The van der Waals surface area contributed by atoms with Gasteiger partial charge in [0.05, 0.1) is 34.9 Å². The molecule has 1 aliphatic heterocycles. The molecule has 4 rings (SSSR count). The minimum Gasteiger partial charge on any atom is -0.311 e. The maximum atomic E-state index is 12.5. The van der Waals surface area contributed by atoms with Gasteiger partial charge < -0.3 is 5.32 Å². The highest BCUT2D eigenvalue weighted by atomic mass is 35.5. The van der Waals surface area contributed by atoms with Crippen LogP contribution in [-0.2, 0) is 22.6 Å².